The molecular weight excluding hydrogens is 248 g/mol. The molecule has 0 unspecified atom stereocenters. The molecule has 1 aliphatic rings. The molecule has 0 saturated heterocycles. The summed E-state index contributed by atoms with van der Waals surface area (Å²) in [4.78, 5) is 4.53. The normalized spacial score (nSPS) is 13.1. The van der Waals surface area contributed by atoms with E-state index in [9.17, 15) is 0 Å². The van der Waals surface area contributed by atoms with Crippen LogP contribution in [-0.4, -0.2) is 11.8 Å². The maximum atomic E-state index is 5.34. The van der Waals surface area contributed by atoms with Gasteiger partial charge in [-0.1, -0.05) is 13.8 Å². The van der Waals surface area contributed by atoms with Gasteiger partial charge < -0.3 is 14.8 Å². The lowest BCUT2D eigenvalue weighted by atomic mass is 10.2. The fourth-order valence-electron chi connectivity index (χ4n) is 1.71. The van der Waals surface area contributed by atoms with Crippen LogP contribution in [0.5, 0.6) is 11.5 Å². The van der Waals surface area contributed by atoms with Crippen LogP contribution >= 0.6 is 11.3 Å². The lowest BCUT2D eigenvalue weighted by molar-refractivity contribution is 0.174. The first-order valence-electron chi connectivity index (χ1n) is 5.84. The summed E-state index contributed by atoms with van der Waals surface area (Å²) >= 11 is 1.61. The van der Waals surface area contributed by atoms with E-state index in [1.54, 1.807) is 11.3 Å². The third-order valence-electron chi connectivity index (χ3n) is 2.74. The van der Waals surface area contributed by atoms with Crippen molar-refractivity contribution in [3.63, 3.8) is 0 Å². The zero-order valence-electron chi connectivity index (χ0n) is 10.3. The van der Waals surface area contributed by atoms with Crippen molar-refractivity contribution >= 4 is 22.2 Å². The molecule has 0 saturated carbocycles. The van der Waals surface area contributed by atoms with Gasteiger partial charge >= 0.3 is 0 Å². The van der Waals surface area contributed by atoms with Crippen molar-refractivity contribution in [3.8, 4) is 11.5 Å². The molecule has 0 spiro atoms. The number of benzene rings is 1. The molecule has 0 fully saturated rings. The van der Waals surface area contributed by atoms with Gasteiger partial charge in [0.25, 0.3) is 0 Å². The van der Waals surface area contributed by atoms with Crippen molar-refractivity contribution in [3.05, 3.63) is 29.3 Å². The predicted molar refractivity (Wildman–Crippen MR) is 72.1 cm³/mol. The molecule has 0 bridgehead atoms. The van der Waals surface area contributed by atoms with Crippen molar-refractivity contribution < 1.29 is 9.47 Å². The van der Waals surface area contributed by atoms with E-state index in [0.29, 0.717) is 12.7 Å². The van der Waals surface area contributed by atoms with Crippen LogP contribution in [0.25, 0.3) is 0 Å². The predicted octanol–water partition coefficient (Wildman–Crippen LogP) is 3.74. The van der Waals surface area contributed by atoms with Crippen LogP contribution < -0.4 is 14.8 Å². The molecule has 2 aromatic rings. The summed E-state index contributed by atoms with van der Waals surface area (Å²) in [6.45, 7) is 4.58. The maximum Gasteiger partial charge on any atom is 0.231 e. The van der Waals surface area contributed by atoms with E-state index in [0.717, 1.165) is 28.0 Å². The number of aromatic nitrogens is 1. The topological polar surface area (TPSA) is 43.4 Å². The minimum Gasteiger partial charge on any atom is -0.454 e. The Hall–Kier alpha value is -1.75. The van der Waals surface area contributed by atoms with Crippen molar-refractivity contribution in [1.29, 1.82) is 0 Å². The minimum absolute atomic E-state index is 0.299. The highest BCUT2D eigenvalue weighted by molar-refractivity contribution is 7.13. The number of hydrogen-bond acceptors (Lipinski definition) is 5. The van der Waals surface area contributed by atoms with Gasteiger partial charge in [-0.15, -0.1) is 11.3 Å². The van der Waals surface area contributed by atoms with E-state index in [1.165, 1.54) is 0 Å². The molecule has 0 aliphatic carbocycles. The third-order valence-corrected chi connectivity index (χ3v) is 3.51. The monoisotopic (exact) mass is 262 g/mol. The van der Waals surface area contributed by atoms with Crippen LogP contribution in [0.3, 0.4) is 0 Å². The highest BCUT2D eigenvalue weighted by Gasteiger charge is 2.13. The zero-order valence-corrected chi connectivity index (χ0v) is 11.1. The van der Waals surface area contributed by atoms with Crippen molar-refractivity contribution in [2.75, 3.05) is 12.1 Å². The Morgan fingerprint density at radius 1 is 1.28 bits per heavy atom. The molecule has 0 amide bonds. The molecule has 2 heterocycles. The Morgan fingerprint density at radius 3 is 2.89 bits per heavy atom. The molecular formula is C13H14N2O2S. The van der Waals surface area contributed by atoms with E-state index in [2.05, 4.69) is 29.5 Å². The number of nitrogens with zero attached hydrogens (tertiary/aromatic N) is 1. The third kappa shape index (κ3) is 2.13. The number of nitrogens with one attached hydrogen (secondary N) is 1. The van der Waals surface area contributed by atoms with Crippen LogP contribution in [0.4, 0.5) is 10.8 Å². The molecule has 0 atom stereocenters. The Balaban J connectivity index is 1.79. The summed E-state index contributed by atoms with van der Waals surface area (Å²) in [5.74, 6) is 2.02. The summed E-state index contributed by atoms with van der Waals surface area (Å²) in [7, 11) is 0. The second kappa shape index (κ2) is 4.49. The van der Waals surface area contributed by atoms with Gasteiger partial charge in [0.15, 0.2) is 16.6 Å². The summed E-state index contributed by atoms with van der Waals surface area (Å²) in [6.07, 6.45) is 0. The largest absolute Gasteiger partial charge is 0.454 e. The number of fused-ring (bicyclic) bond motifs is 1. The van der Waals surface area contributed by atoms with E-state index >= 15 is 0 Å². The Bertz CT molecular complexity index is 566. The average molecular weight is 262 g/mol. The standard InChI is InChI=1S/C13H14N2O2S/c1-8(2)10-6-18-13(15-10)14-9-3-4-11-12(5-9)17-7-16-11/h3-6,8H,7H2,1-2H3,(H,14,15). The van der Waals surface area contributed by atoms with Crippen molar-refractivity contribution in [1.82, 2.24) is 4.98 Å². The Labute approximate surface area is 110 Å². The molecule has 1 aromatic heterocycles. The summed E-state index contributed by atoms with van der Waals surface area (Å²) < 4.78 is 10.6. The van der Waals surface area contributed by atoms with E-state index < -0.39 is 0 Å². The summed E-state index contributed by atoms with van der Waals surface area (Å²) in [5, 5.41) is 6.26. The first kappa shape index (κ1) is 11.3. The summed E-state index contributed by atoms with van der Waals surface area (Å²) in [6, 6.07) is 5.80. The SMILES string of the molecule is CC(C)c1csc(Nc2ccc3c(c2)OCO3)n1. The first-order chi connectivity index (χ1) is 8.72. The number of rotatable bonds is 3. The molecule has 5 heteroatoms. The molecule has 1 aliphatic heterocycles. The smallest absolute Gasteiger partial charge is 0.231 e. The lowest BCUT2D eigenvalue weighted by Gasteiger charge is -2.04. The van der Waals surface area contributed by atoms with Gasteiger partial charge in [0, 0.05) is 17.1 Å². The van der Waals surface area contributed by atoms with Crippen LogP contribution in [0.15, 0.2) is 23.6 Å². The van der Waals surface area contributed by atoms with Gasteiger partial charge in [-0.3, -0.25) is 0 Å². The summed E-state index contributed by atoms with van der Waals surface area (Å²) in [5.41, 5.74) is 2.08. The van der Waals surface area contributed by atoms with E-state index in [4.69, 9.17) is 9.47 Å². The van der Waals surface area contributed by atoms with Gasteiger partial charge in [0.1, 0.15) is 0 Å². The number of hydrogen-bond donors (Lipinski definition) is 1. The number of ether oxygens (including phenoxy) is 2. The zero-order chi connectivity index (χ0) is 12.5. The molecule has 4 nitrogen and oxygen atoms in total. The molecule has 94 valence electrons. The van der Waals surface area contributed by atoms with E-state index in [1.807, 2.05) is 18.2 Å². The second-order valence-corrected chi connectivity index (χ2v) is 5.28. The maximum absolute atomic E-state index is 5.34. The van der Waals surface area contributed by atoms with Gasteiger partial charge in [-0.05, 0) is 18.1 Å². The molecule has 1 aromatic carbocycles. The molecule has 18 heavy (non-hydrogen) atoms. The average Bonchev–Trinajstić information content (AvgIpc) is 2.96. The van der Waals surface area contributed by atoms with Gasteiger partial charge in [0.05, 0.1) is 5.69 Å². The minimum atomic E-state index is 0.299. The fourth-order valence-corrected chi connectivity index (χ4v) is 2.60. The Kier molecular flexibility index (Phi) is 2.83. The van der Waals surface area contributed by atoms with Crippen LogP contribution in [-0.2, 0) is 0 Å². The highest BCUT2D eigenvalue weighted by atomic mass is 32.1. The number of thiazole rings is 1. The molecule has 1 N–H and O–H groups in total. The number of anilines is 2. The molecule has 3 rings (SSSR count). The van der Waals surface area contributed by atoms with Crippen molar-refractivity contribution in [2.45, 2.75) is 19.8 Å². The van der Waals surface area contributed by atoms with Gasteiger partial charge in [0.2, 0.25) is 6.79 Å². The highest BCUT2D eigenvalue weighted by Crippen LogP contribution is 2.35. The van der Waals surface area contributed by atoms with E-state index in [-0.39, 0.29) is 0 Å². The van der Waals surface area contributed by atoms with Gasteiger partial charge in [-0.2, -0.15) is 0 Å². The quantitative estimate of drug-likeness (QED) is 0.915. The fraction of sp³-hybridized carbons (Fsp3) is 0.308. The first-order valence-corrected chi connectivity index (χ1v) is 6.72. The Morgan fingerprint density at radius 2 is 2.11 bits per heavy atom. The van der Waals surface area contributed by atoms with Crippen LogP contribution in [0.1, 0.15) is 25.5 Å². The lowest BCUT2D eigenvalue weighted by Crippen LogP contribution is -1.93. The molecule has 0 radical (unpaired) electrons. The van der Waals surface area contributed by atoms with Gasteiger partial charge in [-0.25, -0.2) is 4.98 Å². The van der Waals surface area contributed by atoms with Crippen LogP contribution in [0.2, 0.25) is 0 Å². The van der Waals surface area contributed by atoms with Crippen molar-refractivity contribution in [2.24, 2.45) is 0 Å². The second-order valence-electron chi connectivity index (χ2n) is 4.43. The van der Waals surface area contributed by atoms with Crippen LogP contribution in [0, 0.1) is 0 Å².